The van der Waals surface area contributed by atoms with Crippen LogP contribution < -0.4 is 10.6 Å². The standard InChI is InChI=1S/C15H25F3N2O/c16-15(17,18)13-3-1-12(2-4-13)14(21)20-10-7-11-5-8-19-9-6-11/h11-13,19H,1-10H2,(H,20,21). The third kappa shape index (κ3) is 5.16. The maximum atomic E-state index is 12.6. The predicted octanol–water partition coefficient (Wildman–Crippen LogP) is 2.86. The number of halogens is 3. The molecule has 6 heteroatoms. The molecule has 2 fully saturated rings. The van der Waals surface area contributed by atoms with Gasteiger partial charge in [0.15, 0.2) is 0 Å². The molecule has 21 heavy (non-hydrogen) atoms. The van der Waals surface area contributed by atoms with Crippen LogP contribution in [0.5, 0.6) is 0 Å². The number of nitrogens with one attached hydrogen (secondary N) is 2. The van der Waals surface area contributed by atoms with Crippen LogP contribution in [0.15, 0.2) is 0 Å². The van der Waals surface area contributed by atoms with Crippen molar-refractivity contribution in [2.24, 2.45) is 17.8 Å². The Hall–Kier alpha value is -0.780. The molecule has 1 amide bonds. The van der Waals surface area contributed by atoms with Gasteiger partial charge in [0.1, 0.15) is 0 Å². The fraction of sp³-hybridized carbons (Fsp3) is 0.933. The highest BCUT2D eigenvalue weighted by molar-refractivity contribution is 5.78. The highest BCUT2D eigenvalue weighted by Gasteiger charge is 2.42. The Morgan fingerprint density at radius 3 is 2.24 bits per heavy atom. The van der Waals surface area contributed by atoms with Gasteiger partial charge in [0.05, 0.1) is 5.92 Å². The second-order valence-electron chi connectivity index (χ2n) is 6.36. The zero-order valence-corrected chi connectivity index (χ0v) is 12.3. The van der Waals surface area contributed by atoms with Gasteiger partial charge in [0.2, 0.25) is 5.91 Å². The van der Waals surface area contributed by atoms with E-state index in [-0.39, 0.29) is 24.7 Å². The second-order valence-corrected chi connectivity index (χ2v) is 6.36. The number of carbonyl (C=O) groups excluding carboxylic acids is 1. The molecule has 0 bridgehead atoms. The van der Waals surface area contributed by atoms with Crippen LogP contribution in [-0.2, 0) is 4.79 Å². The molecular formula is C15H25F3N2O. The average molecular weight is 306 g/mol. The van der Waals surface area contributed by atoms with Crippen molar-refractivity contribution in [3.8, 4) is 0 Å². The van der Waals surface area contributed by atoms with E-state index in [1.54, 1.807) is 0 Å². The smallest absolute Gasteiger partial charge is 0.356 e. The molecule has 0 radical (unpaired) electrons. The predicted molar refractivity (Wildman–Crippen MR) is 74.7 cm³/mol. The molecule has 0 aromatic carbocycles. The quantitative estimate of drug-likeness (QED) is 0.838. The summed E-state index contributed by atoms with van der Waals surface area (Å²) in [6.07, 6.45) is 0.0827. The molecule has 2 aliphatic rings. The van der Waals surface area contributed by atoms with Gasteiger partial charge in [-0.2, -0.15) is 13.2 Å². The van der Waals surface area contributed by atoms with Gasteiger partial charge < -0.3 is 10.6 Å². The monoisotopic (exact) mass is 306 g/mol. The minimum absolute atomic E-state index is 0.0513. The van der Waals surface area contributed by atoms with Gasteiger partial charge in [0.25, 0.3) is 0 Å². The fourth-order valence-corrected chi connectivity index (χ4v) is 3.40. The molecule has 1 aliphatic heterocycles. The first-order valence-electron chi connectivity index (χ1n) is 8.02. The molecule has 0 aromatic heterocycles. The van der Waals surface area contributed by atoms with E-state index < -0.39 is 12.1 Å². The lowest BCUT2D eigenvalue weighted by Gasteiger charge is -2.29. The SMILES string of the molecule is O=C(NCCC1CCNCC1)C1CCC(C(F)(F)F)CC1. The molecule has 2 N–H and O–H groups in total. The van der Waals surface area contributed by atoms with E-state index in [0.29, 0.717) is 25.3 Å². The van der Waals surface area contributed by atoms with Gasteiger partial charge in [-0.1, -0.05) is 0 Å². The molecule has 3 nitrogen and oxygen atoms in total. The number of rotatable bonds is 4. The molecule has 0 aromatic rings. The number of amides is 1. The van der Waals surface area contributed by atoms with Gasteiger partial charge in [-0.3, -0.25) is 4.79 Å². The Balaban J connectivity index is 1.63. The minimum atomic E-state index is -4.10. The van der Waals surface area contributed by atoms with Crippen molar-refractivity contribution in [2.75, 3.05) is 19.6 Å². The molecule has 1 saturated heterocycles. The summed E-state index contributed by atoms with van der Waals surface area (Å²) < 4.78 is 37.7. The number of hydrogen-bond donors (Lipinski definition) is 2. The molecule has 0 spiro atoms. The van der Waals surface area contributed by atoms with Gasteiger partial charge in [-0.05, 0) is 64.0 Å². The van der Waals surface area contributed by atoms with Crippen LogP contribution in [0.2, 0.25) is 0 Å². The zero-order valence-electron chi connectivity index (χ0n) is 12.3. The summed E-state index contributed by atoms with van der Waals surface area (Å²) in [5.74, 6) is -0.829. The van der Waals surface area contributed by atoms with Crippen LogP contribution in [-0.4, -0.2) is 31.7 Å². The van der Waals surface area contributed by atoms with Crippen molar-refractivity contribution in [1.29, 1.82) is 0 Å². The molecule has 2 rings (SSSR count). The molecule has 0 atom stereocenters. The van der Waals surface area contributed by atoms with Crippen LogP contribution in [0.3, 0.4) is 0 Å². The zero-order chi connectivity index (χ0) is 15.3. The van der Waals surface area contributed by atoms with Crippen molar-refractivity contribution in [3.05, 3.63) is 0 Å². The van der Waals surface area contributed by atoms with Crippen molar-refractivity contribution < 1.29 is 18.0 Å². The maximum absolute atomic E-state index is 12.6. The minimum Gasteiger partial charge on any atom is -0.356 e. The van der Waals surface area contributed by atoms with Gasteiger partial charge in [-0.15, -0.1) is 0 Å². The summed E-state index contributed by atoms with van der Waals surface area (Å²) in [7, 11) is 0. The van der Waals surface area contributed by atoms with Crippen molar-refractivity contribution in [2.45, 2.75) is 51.1 Å². The average Bonchev–Trinajstić information content (AvgIpc) is 2.47. The lowest BCUT2D eigenvalue weighted by atomic mass is 9.81. The summed E-state index contributed by atoms with van der Waals surface area (Å²) in [6.45, 7) is 2.74. The van der Waals surface area contributed by atoms with E-state index in [0.717, 1.165) is 32.4 Å². The van der Waals surface area contributed by atoms with E-state index in [4.69, 9.17) is 0 Å². The van der Waals surface area contributed by atoms with Crippen molar-refractivity contribution in [1.82, 2.24) is 10.6 Å². The van der Waals surface area contributed by atoms with E-state index in [1.807, 2.05) is 0 Å². The van der Waals surface area contributed by atoms with Crippen LogP contribution in [0.4, 0.5) is 13.2 Å². The highest BCUT2D eigenvalue weighted by Crippen LogP contribution is 2.39. The molecule has 1 saturated carbocycles. The number of piperidine rings is 1. The van der Waals surface area contributed by atoms with E-state index in [1.165, 1.54) is 0 Å². The van der Waals surface area contributed by atoms with Crippen LogP contribution in [0.1, 0.15) is 44.9 Å². The lowest BCUT2D eigenvalue weighted by Crippen LogP contribution is -2.37. The highest BCUT2D eigenvalue weighted by atomic mass is 19.4. The summed E-state index contributed by atoms with van der Waals surface area (Å²) in [5.41, 5.74) is 0. The first-order chi connectivity index (χ1) is 9.97. The molecular weight excluding hydrogens is 281 g/mol. The number of carbonyl (C=O) groups is 1. The Kier molecular flexibility index (Phi) is 5.90. The molecule has 1 heterocycles. The number of alkyl halides is 3. The Morgan fingerprint density at radius 2 is 1.67 bits per heavy atom. The van der Waals surface area contributed by atoms with E-state index in [9.17, 15) is 18.0 Å². The molecule has 122 valence electrons. The maximum Gasteiger partial charge on any atom is 0.391 e. The summed E-state index contributed by atoms with van der Waals surface area (Å²) in [4.78, 5) is 12.0. The third-order valence-electron chi connectivity index (χ3n) is 4.87. The molecule has 1 aliphatic carbocycles. The van der Waals surface area contributed by atoms with Crippen molar-refractivity contribution in [3.63, 3.8) is 0 Å². The van der Waals surface area contributed by atoms with Crippen molar-refractivity contribution >= 4 is 5.91 Å². The Bertz CT molecular complexity index is 332. The van der Waals surface area contributed by atoms with Gasteiger partial charge >= 0.3 is 6.18 Å². The first-order valence-corrected chi connectivity index (χ1v) is 8.02. The van der Waals surface area contributed by atoms with Crippen LogP contribution in [0.25, 0.3) is 0 Å². The van der Waals surface area contributed by atoms with E-state index in [2.05, 4.69) is 10.6 Å². The summed E-state index contributed by atoms with van der Waals surface area (Å²) in [5, 5.41) is 6.22. The first kappa shape index (κ1) is 16.6. The normalized spacial score (nSPS) is 28.3. The lowest BCUT2D eigenvalue weighted by molar-refractivity contribution is -0.184. The fourth-order valence-electron chi connectivity index (χ4n) is 3.40. The summed E-state index contributed by atoms with van der Waals surface area (Å²) >= 11 is 0. The number of hydrogen-bond acceptors (Lipinski definition) is 2. The van der Waals surface area contributed by atoms with Gasteiger partial charge in [0, 0.05) is 12.5 Å². The van der Waals surface area contributed by atoms with Crippen LogP contribution >= 0.6 is 0 Å². The largest absolute Gasteiger partial charge is 0.391 e. The topological polar surface area (TPSA) is 41.1 Å². The van der Waals surface area contributed by atoms with Gasteiger partial charge in [-0.25, -0.2) is 0 Å². The Labute approximate surface area is 124 Å². The second kappa shape index (κ2) is 7.47. The van der Waals surface area contributed by atoms with E-state index >= 15 is 0 Å². The Morgan fingerprint density at radius 1 is 1.05 bits per heavy atom. The summed E-state index contributed by atoms with van der Waals surface area (Å²) in [6, 6.07) is 0. The third-order valence-corrected chi connectivity index (χ3v) is 4.87. The molecule has 0 unspecified atom stereocenters. The van der Waals surface area contributed by atoms with Crippen LogP contribution in [0, 0.1) is 17.8 Å².